The molecule has 88 valence electrons. The molecule has 0 radical (unpaired) electrons. The molecule has 2 nitrogen and oxygen atoms in total. The molecular weight excluding hydrogens is 198 g/mol. The topological polar surface area (TPSA) is 29.1 Å². The molecule has 1 aromatic carbocycles. The minimum Gasteiger partial charge on any atom is -0.326 e. The van der Waals surface area contributed by atoms with Crippen LogP contribution in [0.4, 0.5) is 5.69 Å². The van der Waals surface area contributed by atoms with E-state index in [9.17, 15) is 4.79 Å². The van der Waals surface area contributed by atoms with Crippen LogP contribution in [0.2, 0.25) is 0 Å². The number of hydrogen-bond acceptors (Lipinski definition) is 1. The van der Waals surface area contributed by atoms with Crippen LogP contribution < -0.4 is 5.32 Å². The monoisotopic (exact) mass is 219 g/mol. The van der Waals surface area contributed by atoms with Gasteiger partial charge >= 0.3 is 0 Å². The summed E-state index contributed by atoms with van der Waals surface area (Å²) in [7, 11) is 0. The minimum absolute atomic E-state index is 0.0185. The third-order valence-electron chi connectivity index (χ3n) is 2.89. The van der Waals surface area contributed by atoms with E-state index in [1.54, 1.807) is 0 Å². The first-order valence-electron chi connectivity index (χ1n) is 5.96. The summed E-state index contributed by atoms with van der Waals surface area (Å²) in [6.45, 7) is 8.15. The molecule has 0 spiro atoms. The third kappa shape index (κ3) is 3.09. The Labute approximate surface area is 98.1 Å². The highest BCUT2D eigenvalue weighted by molar-refractivity contribution is 5.92. The van der Waals surface area contributed by atoms with Crippen LogP contribution in [-0.4, -0.2) is 5.91 Å². The Hall–Kier alpha value is -1.31. The first-order chi connectivity index (χ1) is 7.56. The number of carbonyl (C=O) groups is 1. The lowest BCUT2D eigenvalue weighted by Gasteiger charge is -2.16. The average molecular weight is 219 g/mol. The summed E-state index contributed by atoms with van der Waals surface area (Å²) >= 11 is 0. The minimum atomic E-state index is 0.0185. The van der Waals surface area contributed by atoms with Crippen LogP contribution in [0.3, 0.4) is 0 Å². The molecular formula is C14H21NO. The van der Waals surface area contributed by atoms with E-state index < -0.39 is 0 Å². The van der Waals surface area contributed by atoms with E-state index in [0.29, 0.717) is 5.92 Å². The van der Waals surface area contributed by atoms with E-state index in [0.717, 1.165) is 12.1 Å². The van der Waals surface area contributed by atoms with Crippen molar-refractivity contribution in [2.75, 3.05) is 5.32 Å². The summed E-state index contributed by atoms with van der Waals surface area (Å²) in [5.41, 5.74) is 2.18. The largest absolute Gasteiger partial charge is 0.326 e. The Bertz CT molecular complexity index is 358. The predicted molar refractivity (Wildman–Crippen MR) is 68.6 cm³/mol. The summed E-state index contributed by atoms with van der Waals surface area (Å²) in [4.78, 5) is 11.7. The molecule has 0 fully saturated rings. The zero-order valence-electron chi connectivity index (χ0n) is 10.6. The van der Waals surface area contributed by atoms with Crippen molar-refractivity contribution in [2.45, 2.75) is 40.0 Å². The Kier molecular flexibility index (Phi) is 4.53. The third-order valence-corrected chi connectivity index (χ3v) is 2.89. The van der Waals surface area contributed by atoms with E-state index in [4.69, 9.17) is 0 Å². The van der Waals surface area contributed by atoms with Gasteiger partial charge in [-0.25, -0.2) is 0 Å². The van der Waals surface area contributed by atoms with Gasteiger partial charge in [0.2, 0.25) is 5.91 Å². The lowest BCUT2D eigenvalue weighted by atomic mass is 9.96. The van der Waals surface area contributed by atoms with Crippen LogP contribution in [0.15, 0.2) is 24.3 Å². The average Bonchev–Trinajstić information content (AvgIpc) is 2.28. The van der Waals surface area contributed by atoms with Crippen molar-refractivity contribution in [1.29, 1.82) is 0 Å². The van der Waals surface area contributed by atoms with E-state index in [1.165, 1.54) is 5.56 Å². The van der Waals surface area contributed by atoms with Crippen molar-refractivity contribution < 1.29 is 4.79 Å². The van der Waals surface area contributed by atoms with E-state index in [1.807, 2.05) is 32.0 Å². The number of anilines is 1. The van der Waals surface area contributed by atoms with Crippen molar-refractivity contribution in [1.82, 2.24) is 0 Å². The second kappa shape index (κ2) is 5.69. The molecule has 0 aliphatic heterocycles. The van der Waals surface area contributed by atoms with E-state index in [2.05, 4.69) is 25.2 Å². The molecule has 0 bridgehead atoms. The van der Waals surface area contributed by atoms with Gasteiger partial charge in [-0.2, -0.15) is 0 Å². The Morgan fingerprint density at radius 2 is 1.88 bits per heavy atom. The Morgan fingerprint density at radius 1 is 1.25 bits per heavy atom. The summed E-state index contributed by atoms with van der Waals surface area (Å²) in [5.74, 6) is 0.574. The van der Waals surface area contributed by atoms with Crippen LogP contribution in [-0.2, 0) is 4.79 Å². The number of benzene rings is 1. The number of carbonyl (C=O) groups excluding carboxylic acids is 1. The molecule has 1 atom stereocenters. The molecule has 0 saturated heterocycles. The van der Waals surface area contributed by atoms with Crippen molar-refractivity contribution in [3.8, 4) is 0 Å². The molecule has 16 heavy (non-hydrogen) atoms. The first kappa shape index (κ1) is 12.8. The maximum atomic E-state index is 11.7. The van der Waals surface area contributed by atoms with Gasteiger partial charge in [-0.15, -0.1) is 0 Å². The van der Waals surface area contributed by atoms with Gasteiger partial charge in [0.05, 0.1) is 0 Å². The quantitative estimate of drug-likeness (QED) is 0.820. The van der Waals surface area contributed by atoms with Crippen molar-refractivity contribution >= 4 is 11.6 Å². The number of hydrogen-bond donors (Lipinski definition) is 1. The number of amides is 1. The Morgan fingerprint density at radius 3 is 2.44 bits per heavy atom. The highest BCUT2D eigenvalue weighted by Gasteiger charge is 2.12. The Balaban J connectivity index is 2.91. The summed E-state index contributed by atoms with van der Waals surface area (Å²) in [5, 5.41) is 2.99. The lowest BCUT2D eigenvalue weighted by Crippen LogP contribution is -2.19. The van der Waals surface area contributed by atoms with Gasteiger partial charge < -0.3 is 5.32 Å². The fourth-order valence-electron chi connectivity index (χ4n) is 1.54. The fourth-order valence-corrected chi connectivity index (χ4v) is 1.54. The van der Waals surface area contributed by atoms with E-state index in [-0.39, 0.29) is 11.8 Å². The summed E-state index contributed by atoms with van der Waals surface area (Å²) in [6, 6.07) is 8.04. The fraction of sp³-hybridized carbons (Fsp3) is 0.500. The van der Waals surface area contributed by atoms with Crippen LogP contribution >= 0.6 is 0 Å². The van der Waals surface area contributed by atoms with Crippen molar-refractivity contribution in [3.63, 3.8) is 0 Å². The van der Waals surface area contributed by atoms with Crippen molar-refractivity contribution in [2.24, 2.45) is 5.92 Å². The summed E-state index contributed by atoms with van der Waals surface area (Å²) < 4.78 is 0. The molecule has 0 unspecified atom stereocenters. The maximum absolute atomic E-state index is 11.7. The van der Waals surface area contributed by atoms with Gasteiger partial charge in [0.25, 0.3) is 0 Å². The van der Waals surface area contributed by atoms with Crippen LogP contribution in [0.5, 0.6) is 0 Å². The molecule has 1 rings (SSSR count). The number of rotatable bonds is 4. The SMILES string of the molecule is CC[C@H](C)c1ccccc1NC(=O)C(C)C. The summed E-state index contributed by atoms with van der Waals surface area (Å²) in [6.07, 6.45) is 1.08. The highest BCUT2D eigenvalue weighted by Crippen LogP contribution is 2.26. The maximum Gasteiger partial charge on any atom is 0.226 e. The van der Waals surface area contributed by atoms with E-state index >= 15 is 0 Å². The molecule has 0 aliphatic rings. The first-order valence-corrected chi connectivity index (χ1v) is 5.96. The normalized spacial score (nSPS) is 12.6. The molecule has 2 heteroatoms. The smallest absolute Gasteiger partial charge is 0.226 e. The lowest BCUT2D eigenvalue weighted by molar-refractivity contribution is -0.118. The van der Waals surface area contributed by atoms with Crippen LogP contribution in [0.25, 0.3) is 0 Å². The van der Waals surface area contributed by atoms with Crippen LogP contribution in [0.1, 0.15) is 45.6 Å². The highest BCUT2D eigenvalue weighted by atomic mass is 16.1. The molecule has 0 heterocycles. The molecule has 0 aliphatic carbocycles. The zero-order valence-corrected chi connectivity index (χ0v) is 10.6. The molecule has 1 N–H and O–H groups in total. The van der Waals surface area contributed by atoms with Gasteiger partial charge in [-0.1, -0.05) is 45.9 Å². The molecule has 0 aromatic heterocycles. The second-order valence-corrected chi connectivity index (χ2v) is 4.54. The van der Waals surface area contributed by atoms with Gasteiger partial charge in [0.15, 0.2) is 0 Å². The predicted octanol–water partition coefficient (Wildman–Crippen LogP) is 3.79. The van der Waals surface area contributed by atoms with Crippen LogP contribution in [0, 0.1) is 5.92 Å². The zero-order chi connectivity index (χ0) is 12.1. The molecule has 1 amide bonds. The molecule has 1 aromatic rings. The molecule has 0 saturated carbocycles. The van der Waals surface area contributed by atoms with Gasteiger partial charge in [0, 0.05) is 11.6 Å². The van der Waals surface area contributed by atoms with Gasteiger partial charge in [-0.3, -0.25) is 4.79 Å². The van der Waals surface area contributed by atoms with Crippen molar-refractivity contribution in [3.05, 3.63) is 29.8 Å². The van der Waals surface area contributed by atoms with Gasteiger partial charge in [-0.05, 0) is 24.0 Å². The van der Waals surface area contributed by atoms with Gasteiger partial charge in [0.1, 0.15) is 0 Å². The second-order valence-electron chi connectivity index (χ2n) is 4.54. The number of nitrogens with one attached hydrogen (secondary N) is 1. The number of para-hydroxylation sites is 1. The standard InChI is InChI=1S/C14H21NO/c1-5-11(4)12-8-6-7-9-13(12)15-14(16)10(2)3/h6-11H,5H2,1-4H3,(H,15,16)/t11-/m0/s1.